The van der Waals surface area contributed by atoms with E-state index in [1.807, 2.05) is 50.2 Å². The summed E-state index contributed by atoms with van der Waals surface area (Å²) in [7, 11) is 0. The summed E-state index contributed by atoms with van der Waals surface area (Å²) in [5, 5.41) is 2.24. The van der Waals surface area contributed by atoms with E-state index >= 15 is 0 Å². The molecule has 2 aliphatic rings. The topological polar surface area (TPSA) is 169 Å². The van der Waals surface area contributed by atoms with Gasteiger partial charge < -0.3 is 15.2 Å². The van der Waals surface area contributed by atoms with Gasteiger partial charge in [-0.05, 0) is 34.6 Å². The van der Waals surface area contributed by atoms with Gasteiger partial charge in [0.2, 0.25) is 23.6 Å². The van der Waals surface area contributed by atoms with Gasteiger partial charge in [-0.25, -0.2) is 9.69 Å². The lowest BCUT2D eigenvalue weighted by atomic mass is 10.1. The van der Waals surface area contributed by atoms with Crippen LogP contribution in [0.15, 0.2) is 36.4 Å². The van der Waals surface area contributed by atoms with Crippen molar-refractivity contribution in [1.82, 2.24) is 20.0 Å². The Hall–Kier alpha value is -3.84. The van der Waals surface area contributed by atoms with Crippen LogP contribution >= 0.6 is 0 Å². The predicted molar refractivity (Wildman–Crippen MR) is 141 cm³/mol. The number of amides is 5. The Balaban J connectivity index is 0.000000442. The van der Waals surface area contributed by atoms with E-state index in [4.69, 9.17) is 10.5 Å². The molecule has 3 rings (SSSR count). The van der Waals surface area contributed by atoms with Gasteiger partial charge in [0.1, 0.15) is 5.60 Å². The highest BCUT2D eigenvalue weighted by Gasteiger charge is 2.37. The number of carbonyl (C=O) groups is 6. The van der Waals surface area contributed by atoms with Crippen LogP contribution in [0.2, 0.25) is 0 Å². The molecule has 0 bridgehead atoms. The minimum atomic E-state index is -0.725. The maximum absolute atomic E-state index is 12.2. The van der Waals surface area contributed by atoms with Crippen LogP contribution in [0.5, 0.6) is 0 Å². The lowest BCUT2D eigenvalue weighted by Gasteiger charge is -2.41. The number of hydrogen-bond donors (Lipinski definition) is 2. The third-order valence-corrected chi connectivity index (χ3v) is 5.57. The van der Waals surface area contributed by atoms with Crippen molar-refractivity contribution < 1.29 is 38.2 Å². The molecule has 13 nitrogen and oxygen atoms in total. The van der Waals surface area contributed by atoms with Crippen molar-refractivity contribution in [3.8, 4) is 0 Å². The quantitative estimate of drug-likeness (QED) is 0.389. The molecule has 2 unspecified atom stereocenters. The van der Waals surface area contributed by atoms with E-state index in [0.717, 1.165) is 4.90 Å². The van der Waals surface area contributed by atoms with Crippen molar-refractivity contribution in [2.24, 2.45) is 5.73 Å². The molecule has 3 N–H and O–H groups in total. The smallest absolute Gasteiger partial charge is 0.405 e. The maximum Gasteiger partial charge on any atom is 0.405 e. The van der Waals surface area contributed by atoms with Gasteiger partial charge in [-0.15, -0.1) is 0 Å². The van der Waals surface area contributed by atoms with Gasteiger partial charge >= 0.3 is 12.1 Å². The van der Waals surface area contributed by atoms with Crippen molar-refractivity contribution in [2.75, 3.05) is 32.9 Å². The second-order valence-corrected chi connectivity index (χ2v) is 9.93. The fourth-order valence-corrected chi connectivity index (χ4v) is 3.54. The average Bonchev–Trinajstić information content (AvgIpc) is 2.82. The first-order chi connectivity index (χ1) is 18.1. The molecule has 13 heteroatoms. The van der Waals surface area contributed by atoms with E-state index in [-0.39, 0.29) is 56.8 Å². The Morgan fingerprint density at radius 2 is 1.23 bits per heavy atom. The molecule has 2 atom stereocenters. The summed E-state index contributed by atoms with van der Waals surface area (Å²) < 4.78 is 9.30. The molecule has 2 fully saturated rings. The molecule has 5 amide bonds. The van der Waals surface area contributed by atoms with E-state index in [0.29, 0.717) is 0 Å². The third kappa shape index (κ3) is 13.0. The van der Waals surface area contributed by atoms with Crippen LogP contribution in [0.25, 0.3) is 0 Å². The molecule has 0 aliphatic carbocycles. The number of piperazine rings is 2. The Morgan fingerprint density at radius 1 is 0.846 bits per heavy atom. The predicted octanol–water partition coefficient (Wildman–Crippen LogP) is 0.480. The molecule has 2 heterocycles. The number of imide groups is 2. The van der Waals surface area contributed by atoms with Gasteiger partial charge in [0, 0.05) is 19.0 Å². The van der Waals surface area contributed by atoms with Gasteiger partial charge in [-0.3, -0.25) is 39.1 Å². The Kier molecular flexibility index (Phi) is 13.2. The third-order valence-electron chi connectivity index (χ3n) is 5.57. The number of primary amides is 1. The number of benzene rings is 1. The molecule has 0 spiro atoms. The van der Waals surface area contributed by atoms with Crippen LogP contribution in [-0.2, 0) is 33.4 Å². The Bertz CT molecular complexity index is 951. The highest BCUT2D eigenvalue weighted by molar-refractivity contribution is 6.00. The second kappa shape index (κ2) is 15.5. The van der Waals surface area contributed by atoms with Crippen molar-refractivity contribution in [2.45, 2.75) is 59.2 Å². The summed E-state index contributed by atoms with van der Waals surface area (Å²) in [5.74, 6) is -2.21. The first kappa shape index (κ1) is 33.2. The van der Waals surface area contributed by atoms with E-state index in [9.17, 15) is 28.8 Å². The van der Waals surface area contributed by atoms with Gasteiger partial charge in [0.05, 0.1) is 26.2 Å². The molecular formula is C26H39N5O8. The van der Waals surface area contributed by atoms with Crippen molar-refractivity contribution in [3.63, 3.8) is 0 Å². The molecule has 0 radical (unpaired) electrons. The first-order valence-corrected chi connectivity index (χ1v) is 12.4. The number of hydrogen-bond acceptors (Lipinski definition) is 10. The zero-order valence-electron chi connectivity index (χ0n) is 23.3. The fourth-order valence-electron chi connectivity index (χ4n) is 3.54. The van der Waals surface area contributed by atoms with E-state index in [1.165, 1.54) is 6.92 Å². The standard InChI is InChI=1S/C15H22N4O6.C6H6.C5H11NO2/c1-9(17-4-12(21)16-13(22)5-17)10(2)18-6-14(23)19(15(24)7-18)8-25-11(3)20;1-2-4-6-5-3-1;1-5(2,3)8-4(6)7/h9-10H,4-8H2,1-3H3,(H,16,21,22);1-6H;1-3H3,(H2,6,7). The van der Waals surface area contributed by atoms with Gasteiger partial charge in [-0.1, -0.05) is 36.4 Å². The molecule has 0 saturated carbocycles. The molecule has 2 aliphatic heterocycles. The summed E-state index contributed by atoms with van der Waals surface area (Å²) >= 11 is 0. The number of carbonyl (C=O) groups excluding carboxylic acids is 6. The normalized spacial score (nSPS) is 17.9. The zero-order chi connectivity index (χ0) is 29.8. The number of rotatable bonds is 5. The molecule has 1 aromatic carbocycles. The SMILES string of the molecule is CC(=O)OCN1C(=O)CN(C(C)C(C)N2CC(=O)NC(=O)C2)CC1=O.CC(C)(C)OC(N)=O.c1ccccc1. The lowest BCUT2D eigenvalue weighted by Crippen LogP contribution is -2.62. The Labute approximate surface area is 228 Å². The Morgan fingerprint density at radius 3 is 1.54 bits per heavy atom. The van der Waals surface area contributed by atoms with Crippen LogP contribution < -0.4 is 11.1 Å². The molecule has 1 aromatic rings. The maximum atomic E-state index is 12.2. The fraction of sp³-hybridized carbons (Fsp3) is 0.538. The number of esters is 1. The second-order valence-electron chi connectivity index (χ2n) is 9.93. The van der Waals surface area contributed by atoms with Gasteiger partial charge in [0.15, 0.2) is 6.73 Å². The summed E-state index contributed by atoms with van der Waals surface area (Å²) in [6, 6.07) is 11.6. The summed E-state index contributed by atoms with van der Waals surface area (Å²) in [6.45, 7) is 9.95. The number of ether oxygens (including phenoxy) is 2. The highest BCUT2D eigenvalue weighted by Crippen LogP contribution is 2.16. The summed E-state index contributed by atoms with van der Waals surface area (Å²) in [5.41, 5.74) is 4.26. The molecule has 2 saturated heterocycles. The molecule has 39 heavy (non-hydrogen) atoms. The number of nitrogens with one attached hydrogen (secondary N) is 1. The van der Waals surface area contributed by atoms with Crippen LogP contribution in [-0.4, -0.2) is 101 Å². The monoisotopic (exact) mass is 549 g/mol. The van der Waals surface area contributed by atoms with Gasteiger partial charge in [-0.2, -0.15) is 0 Å². The van der Waals surface area contributed by atoms with E-state index in [2.05, 4.69) is 10.1 Å². The number of nitrogens with two attached hydrogens (primary N) is 1. The van der Waals surface area contributed by atoms with Crippen molar-refractivity contribution in [1.29, 1.82) is 0 Å². The van der Waals surface area contributed by atoms with Crippen LogP contribution in [0, 0.1) is 0 Å². The average molecular weight is 550 g/mol. The number of nitrogens with zero attached hydrogens (tertiary/aromatic N) is 3. The molecule has 0 aromatic heterocycles. The van der Waals surface area contributed by atoms with Crippen LogP contribution in [0.3, 0.4) is 0 Å². The first-order valence-electron chi connectivity index (χ1n) is 12.4. The molecule has 216 valence electrons. The van der Waals surface area contributed by atoms with Crippen molar-refractivity contribution in [3.05, 3.63) is 36.4 Å². The summed E-state index contributed by atoms with van der Waals surface area (Å²) in [6.07, 6.45) is -0.725. The highest BCUT2D eigenvalue weighted by atomic mass is 16.6. The zero-order valence-corrected chi connectivity index (χ0v) is 23.3. The largest absolute Gasteiger partial charge is 0.444 e. The van der Waals surface area contributed by atoms with E-state index < -0.39 is 29.5 Å². The van der Waals surface area contributed by atoms with Gasteiger partial charge in [0.25, 0.3) is 0 Å². The van der Waals surface area contributed by atoms with Crippen LogP contribution in [0.1, 0.15) is 41.5 Å². The minimum Gasteiger partial charge on any atom is -0.444 e. The minimum absolute atomic E-state index is 0.00745. The van der Waals surface area contributed by atoms with Crippen LogP contribution in [0.4, 0.5) is 4.79 Å². The molecular weight excluding hydrogens is 510 g/mol. The van der Waals surface area contributed by atoms with E-state index in [1.54, 1.807) is 30.6 Å². The van der Waals surface area contributed by atoms with Crippen molar-refractivity contribution >= 4 is 35.7 Å². The lowest BCUT2D eigenvalue weighted by molar-refractivity contribution is -0.164. The summed E-state index contributed by atoms with van der Waals surface area (Å²) in [4.78, 5) is 72.6.